The number of rotatable bonds is 3. The minimum atomic E-state index is -1.07. The third-order valence-electron chi connectivity index (χ3n) is 3.13. The van der Waals surface area contributed by atoms with Gasteiger partial charge in [0.1, 0.15) is 0 Å². The molecule has 3 rings (SSSR count). The number of benzene rings is 2. The van der Waals surface area contributed by atoms with E-state index in [1.54, 1.807) is 23.6 Å². The lowest BCUT2D eigenvalue weighted by atomic mass is 10.1. The van der Waals surface area contributed by atoms with Crippen molar-refractivity contribution in [2.75, 3.05) is 5.32 Å². The summed E-state index contributed by atoms with van der Waals surface area (Å²) in [4.78, 5) is 23.5. The molecule has 0 spiro atoms. The number of hydrogen-bond donors (Lipinski definition) is 2. The highest BCUT2D eigenvalue weighted by atomic mass is 32.1. The summed E-state index contributed by atoms with van der Waals surface area (Å²) < 4.78 is 1.02. The van der Waals surface area contributed by atoms with Crippen molar-refractivity contribution in [1.29, 1.82) is 0 Å². The Kier molecular flexibility index (Phi) is 3.41. The summed E-state index contributed by atoms with van der Waals surface area (Å²) in [5, 5.41) is 14.5. The standard InChI is InChI=1S/C16H11NO3S/c18-15(12-9-21-14-8-4-2-5-10(12)14)17-13-7-3-1-6-11(13)16(19)20/h1-9H,(H,17,18)(H,19,20). The van der Waals surface area contributed by atoms with Gasteiger partial charge in [0.2, 0.25) is 0 Å². The van der Waals surface area contributed by atoms with E-state index in [0.717, 1.165) is 10.1 Å². The predicted molar refractivity (Wildman–Crippen MR) is 83.2 cm³/mol. The van der Waals surface area contributed by atoms with E-state index in [0.29, 0.717) is 11.3 Å². The minimum Gasteiger partial charge on any atom is -0.478 e. The van der Waals surface area contributed by atoms with Gasteiger partial charge in [-0.15, -0.1) is 11.3 Å². The number of carbonyl (C=O) groups is 2. The molecule has 104 valence electrons. The SMILES string of the molecule is O=C(O)c1ccccc1NC(=O)c1csc2ccccc12. The van der Waals surface area contributed by atoms with Gasteiger partial charge in [-0.1, -0.05) is 30.3 Å². The summed E-state index contributed by atoms with van der Waals surface area (Å²) in [5.74, 6) is -1.37. The first kappa shape index (κ1) is 13.3. The van der Waals surface area contributed by atoms with E-state index in [2.05, 4.69) is 5.32 Å². The molecule has 0 fully saturated rings. The molecule has 5 heteroatoms. The second-order valence-corrected chi connectivity index (χ2v) is 5.36. The normalized spacial score (nSPS) is 10.5. The first-order valence-electron chi connectivity index (χ1n) is 6.27. The summed E-state index contributed by atoms with van der Waals surface area (Å²) in [5.41, 5.74) is 0.923. The topological polar surface area (TPSA) is 66.4 Å². The van der Waals surface area contributed by atoms with Gasteiger partial charge in [-0.2, -0.15) is 0 Å². The number of nitrogens with one attached hydrogen (secondary N) is 1. The fourth-order valence-corrected chi connectivity index (χ4v) is 3.06. The van der Waals surface area contributed by atoms with Gasteiger partial charge in [-0.3, -0.25) is 4.79 Å². The van der Waals surface area contributed by atoms with Crippen LogP contribution in [0.3, 0.4) is 0 Å². The molecule has 21 heavy (non-hydrogen) atoms. The van der Waals surface area contributed by atoms with Crippen LogP contribution in [0, 0.1) is 0 Å². The maximum absolute atomic E-state index is 12.4. The molecular weight excluding hydrogens is 286 g/mol. The maximum atomic E-state index is 12.4. The Balaban J connectivity index is 1.96. The second-order valence-electron chi connectivity index (χ2n) is 4.45. The van der Waals surface area contributed by atoms with Crippen LogP contribution in [0.2, 0.25) is 0 Å². The van der Waals surface area contributed by atoms with Crippen LogP contribution in [0.5, 0.6) is 0 Å². The average Bonchev–Trinajstić information content (AvgIpc) is 2.91. The van der Waals surface area contributed by atoms with Gasteiger partial charge in [0.15, 0.2) is 0 Å². The first-order valence-corrected chi connectivity index (χ1v) is 7.14. The fraction of sp³-hybridized carbons (Fsp3) is 0. The number of para-hydroxylation sites is 1. The quantitative estimate of drug-likeness (QED) is 0.771. The van der Waals surface area contributed by atoms with Gasteiger partial charge >= 0.3 is 5.97 Å². The summed E-state index contributed by atoms with van der Waals surface area (Å²) in [6.45, 7) is 0. The van der Waals surface area contributed by atoms with Crippen molar-refractivity contribution < 1.29 is 14.7 Å². The molecule has 0 radical (unpaired) electrons. The van der Waals surface area contributed by atoms with Gasteiger partial charge in [0, 0.05) is 15.5 Å². The highest BCUT2D eigenvalue weighted by Crippen LogP contribution is 2.26. The van der Waals surface area contributed by atoms with Gasteiger partial charge in [0.25, 0.3) is 5.91 Å². The van der Waals surface area contributed by atoms with Crippen LogP contribution in [0.1, 0.15) is 20.7 Å². The molecule has 0 aliphatic heterocycles. The van der Waals surface area contributed by atoms with E-state index < -0.39 is 5.97 Å². The first-order chi connectivity index (χ1) is 10.2. The Morgan fingerprint density at radius 3 is 2.48 bits per heavy atom. The van der Waals surface area contributed by atoms with Crippen molar-refractivity contribution in [2.24, 2.45) is 0 Å². The molecule has 0 unspecified atom stereocenters. The summed E-state index contributed by atoms with van der Waals surface area (Å²) in [6.07, 6.45) is 0. The number of carboxylic acids is 1. The number of hydrogen-bond acceptors (Lipinski definition) is 3. The van der Waals surface area contributed by atoms with Crippen LogP contribution in [0.4, 0.5) is 5.69 Å². The molecule has 0 bridgehead atoms. The van der Waals surface area contributed by atoms with Crippen molar-refractivity contribution in [1.82, 2.24) is 0 Å². The van der Waals surface area contributed by atoms with E-state index >= 15 is 0 Å². The van der Waals surface area contributed by atoms with Crippen LogP contribution in [0.25, 0.3) is 10.1 Å². The van der Waals surface area contributed by atoms with E-state index in [-0.39, 0.29) is 11.5 Å². The number of carbonyl (C=O) groups excluding carboxylic acids is 1. The van der Waals surface area contributed by atoms with E-state index in [9.17, 15) is 9.59 Å². The fourth-order valence-electron chi connectivity index (χ4n) is 2.12. The number of thiophene rings is 1. The summed E-state index contributed by atoms with van der Waals surface area (Å²) in [6, 6.07) is 14.0. The summed E-state index contributed by atoms with van der Waals surface area (Å²) in [7, 11) is 0. The van der Waals surface area contributed by atoms with E-state index in [4.69, 9.17) is 5.11 Å². The van der Waals surface area contributed by atoms with Crippen LogP contribution in [-0.2, 0) is 0 Å². The number of amides is 1. The molecular formula is C16H11NO3S. The number of anilines is 1. The molecule has 0 atom stereocenters. The van der Waals surface area contributed by atoms with Gasteiger partial charge in [0.05, 0.1) is 16.8 Å². The number of aromatic carboxylic acids is 1. The molecule has 3 aromatic rings. The van der Waals surface area contributed by atoms with Crippen molar-refractivity contribution in [3.05, 3.63) is 65.0 Å². The Morgan fingerprint density at radius 1 is 0.952 bits per heavy atom. The number of fused-ring (bicyclic) bond motifs is 1. The molecule has 0 saturated heterocycles. The van der Waals surface area contributed by atoms with Crippen molar-refractivity contribution >= 4 is 39.0 Å². The van der Waals surface area contributed by atoms with Crippen LogP contribution in [-0.4, -0.2) is 17.0 Å². The minimum absolute atomic E-state index is 0.0744. The van der Waals surface area contributed by atoms with Gasteiger partial charge in [-0.05, 0) is 18.2 Å². The number of carboxylic acid groups (broad SMARTS) is 1. The lowest BCUT2D eigenvalue weighted by Gasteiger charge is -2.07. The highest BCUT2D eigenvalue weighted by Gasteiger charge is 2.15. The van der Waals surface area contributed by atoms with Gasteiger partial charge < -0.3 is 10.4 Å². The monoisotopic (exact) mass is 297 g/mol. The zero-order valence-corrected chi connectivity index (χ0v) is 11.7. The molecule has 1 amide bonds. The zero-order valence-electron chi connectivity index (χ0n) is 10.9. The van der Waals surface area contributed by atoms with E-state index in [1.165, 1.54) is 17.4 Å². The molecule has 4 nitrogen and oxygen atoms in total. The molecule has 2 N–H and O–H groups in total. The lowest BCUT2D eigenvalue weighted by Crippen LogP contribution is -2.14. The van der Waals surface area contributed by atoms with E-state index in [1.807, 2.05) is 24.3 Å². The molecule has 0 saturated carbocycles. The molecule has 1 heterocycles. The average molecular weight is 297 g/mol. The third-order valence-corrected chi connectivity index (χ3v) is 4.09. The highest BCUT2D eigenvalue weighted by molar-refractivity contribution is 7.17. The van der Waals surface area contributed by atoms with Gasteiger partial charge in [-0.25, -0.2) is 4.79 Å². The van der Waals surface area contributed by atoms with Crippen LogP contribution >= 0.6 is 11.3 Å². The van der Waals surface area contributed by atoms with Crippen molar-refractivity contribution in [2.45, 2.75) is 0 Å². The van der Waals surface area contributed by atoms with Crippen LogP contribution < -0.4 is 5.32 Å². The smallest absolute Gasteiger partial charge is 0.337 e. The molecule has 0 aliphatic carbocycles. The van der Waals surface area contributed by atoms with Crippen molar-refractivity contribution in [3.63, 3.8) is 0 Å². The molecule has 2 aromatic carbocycles. The largest absolute Gasteiger partial charge is 0.478 e. The zero-order chi connectivity index (χ0) is 14.8. The molecule has 1 aromatic heterocycles. The lowest BCUT2D eigenvalue weighted by molar-refractivity contribution is 0.0698. The Labute approximate surface area is 124 Å². The Hall–Kier alpha value is -2.66. The van der Waals surface area contributed by atoms with Crippen molar-refractivity contribution in [3.8, 4) is 0 Å². The molecule has 0 aliphatic rings. The van der Waals surface area contributed by atoms with Crippen LogP contribution in [0.15, 0.2) is 53.9 Å². The third kappa shape index (κ3) is 2.51. The maximum Gasteiger partial charge on any atom is 0.337 e. The Morgan fingerprint density at radius 2 is 1.67 bits per heavy atom. The predicted octanol–water partition coefficient (Wildman–Crippen LogP) is 3.85. The second kappa shape index (κ2) is 5.38. The summed E-state index contributed by atoms with van der Waals surface area (Å²) >= 11 is 1.49. The Bertz CT molecular complexity index is 838.